The number of anilines is 2. The van der Waals surface area contributed by atoms with Crippen molar-refractivity contribution in [3.63, 3.8) is 0 Å². The van der Waals surface area contributed by atoms with Crippen LogP contribution in [0, 0.1) is 0 Å². The predicted octanol–water partition coefficient (Wildman–Crippen LogP) is 3.21. The minimum absolute atomic E-state index is 0.0749. The minimum atomic E-state index is -0.0749. The third-order valence-corrected chi connectivity index (χ3v) is 5.13. The van der Waals surface area contributed by atoms with Gasteiger partial charge in [-0.15, -0.1) is 0 Å². The second kappa shape index (κ2) is 7.38. The molecule has 0 unspecified atom stereocenters. The summed E-state index contributed by atoms with van der Waals surface area (Å²) >= 11 is 0. The molecule has 0 amide bonds. The predicted molar refractivity (Wildman–Crippen MR) is 110 cm³/mol. The second-order valence-electron chi connectivity index (χ2n) is 7.15. The van der Waals surface area contributed by atoms with Gasteiger partial charge in [0.25, 0.3) is 11.6 Å². The van der Waals surface area contributed by atoms with E-state index >= 15 is 0 Å². The molecule has 0 spiro atoms. The van der Waals surface area contributed by atoms with Crippen molar-refractivity contribution in [3.05, 3.63) is 71.4 Å². The lowest BCUT2D eigenvalue weighted by molar-refractivity contribution is 0.583. The van der Waals surface area contributed by atoms with Crippen LogP contribution in [0.3, 0.4) is 0 Å². The fourth-order valence-corrected chi connectivity index (χ4v) is 3.71. The summed E-state index contributed by atoms with van der Waals surface area (Å²) in [4.78, 5) is 25.0. The van der Waals surface area contributed by atoms with E-state index in [4.69, 9.17) is 4.42 Å². The lowest BCUT2D eigenvalue weighted by Gasteiger charge is -2.14. The molecule has 0 saturated heterocycles. The number of nitrogens with one attached hydrogen (secondary N) is 2. The minimum Gasteiger partial charge on any atom is -0.404 e. The molecular formula is C21H20N6O2. The number of aromatic nitrogens is 4. The first kappa shape index (κ1) is 17.4. The molecule has 4 aromatic heterocycles. The van der Waals surface area contributed by atoms with Gasteiger partial charge in [0.05, 0.1) is 11.9 Å². The summed E-state index contributed by atoms with van der Waals surface area (Å²) in [5, 5.41) is 6.84. The van der Waals surface area contributed by atoms with E-state index in [9.17, 15) is 4.79 Å². The van der Waals surface area contributed by atoms with Crippen molar-refractivity contribution in [1.29, 1.82) is 0 Å². The zero-order valence-corrected chi connectivity index (χ0v) is 15.7. The molecule has 0 aromatic carbocycles. The van der Waals surface area contributed by atoms with Crippen LogP contribution < -0.4 is 16.2 Å². The smallest absolute Gasteiger partial charge is 0.297 e. The first-order valence-electron chi connectivity index (χ1n) is 9.63. The van der Waals surface area contributed by atoms with E-state index in [-0.39, 0.29) is 11.6 Å². The van der Waals surface area contributed by atoms with Gasteiger partial charge in [-0.05, 0) is 49.6 Å². The highest BCUT2D eigenvalue weighted by Gasteiger charge is 2.26. The number of hydrogen-bond donors (Lipinski definition) is 2. The first-order valence-corrected chi connectivity index (χ1v) is 9.63. The maximum atomic E-state index is 11.9. The summed E-state index contributed by atoms with van der Waals surface area (Å²) < 4.78 is 7.23. The Morgan fingerprint density at radius 3 is 2.69 bits per heavy atom. The Bertz CT molecular complexity index is 1150. The number of fused-ring (bicyclic) bond motifs is 1. The van der Waals surface area contributed by atoms with Crippen molar-refractivity contribution in [2.24, 2.45) is 0 Å². The maximum absolute atomic E-state index is 11.9. The molecular weight excluding hydrogens is 368 g/mol. The molecule has 1 aliphatic carbocycles. The summed E-state index contributed by atoms with van der Waals surface area (Å²) in [5.41, 5.74) is 1.97. The molecule has 29 heavy (non-hydrogen) atoms. The third-order valence-electron chi connectivity index (χ3n) is 5.13. The molecule has 1 fully saturated rings. The lowest BCUT2D eigenvalue weighted by Crippen LogP contribution is -2.21. The largest absolute Gasteiger partial charge is 0.404 e. The van der Waals surface area contributed by atoms with Crippen LogP contribution in [0.5, 0.6) is 0 Å². The van der Waals surface area contributed by atoms with Crippen LogP contribution in [-0.2, 0) is 0 Å². The van der Waals surface area contributed by atoms with Crippen LogP contribution in [0.4, 0.5) is 11.8 Å². The van der Waals surface area contributed by atoms with Crippen LogP contribution in [-0.4, -0.2) is 31.6 Å². The van der Waals surface area contributed by atoms with Crippen LogP contribution in [0.25, 0.3) is 16.9 Å². The van der Waals surface area contributed by atoms with Crippen molar-refractivity contribution in [3.8, 4) is 5.69 Å². The summed E-state index contributed by atoms with van der Waals surface area (Å²) in [6.45, 7) is 0. The fraction of sp³-hybridized carbons (Fsp3) is 0.238. The molecule has 8 nitrogen and oxygen atoms in total. The standard InChI is InChI=1S/C21H20N6O2/c28-19-5-1-2-11-27(19)16-8-9-18(23-13-16)24-14-6-7-15(12-14)25-21-26-17-4-3-10-22-20(17)29-21/h1-5,8-11,13-15H,6-7,12H2,(H,23,24)(H,25,26)/t14-,15-/m0/s1. The monoisotopic (exact) mass is 388 g/mol. The van der Waals surface area contributed by atoms with Crippen LogP contribution >= 0.6 is 0 Å². The van der Waals surface area contributed by atoms with E-state index in [0.29, 0.717) is 17.8 Å². The molecule has 0 aliphatic heterocycles. The lowest BCUT2D eigenvalue weighted by atomic mass is 10.2. The average Bonchev–Trinajstić information content (AvgIpc) is 3.35. The molecule has 0 radical (unpaired) electrons. The zero-order valence-electron chi connectivity index (χ0n) is 15.7. The topological polar surface area (TPSA) is 97.9 Å². The van der Waals surface area contributed by atoms with E-state index < -0.39 is 0 Å². The van der Waals surface area contributed by atoms with Gasteiger partial charge >= 0.3 is 0 Å². The Hall–Kier alpha value is -3.68. The number of hydrogen-bond acceptors (Lipinski definition) is 7. The number of nitrogens with zero attached hydrogens (tertiary/aromatic N) is 4. The van der Waals surface area contributed by atoms with Crippen LogP contribution in [0.2, 0.25) is 0 Å². The fourth-order valence-electron chi connectivity index (χ4n) is 3.71. The zero-order chi connectivity index (χ0) is 19.6. The summed E-state index contributed by atoms with van der Waals surface area (Å²) in [6, 6.07) is 13.7. The van der Waals surface area contributed by atoms with Gasteiger partial charge in [-0.25, -0.2) is 9.97 Å². The van der Waals surface area contributed by atoms with E-state index in [1.807, 2.05) is 30.3 Å². The van der Waals surface area contributed by atoms with Crippen molar-refractivity contribution >= 4 is 23.1 Å². The van der Waals surface area contributed by atoms with E-state index in [2.05, 4.69) is 25.6 Å². The van der Waals surface area contributed by atoms with Crippen molar-refractivity contribution < 1.29 is 4.42 Å². The highest BCUT2D eigenvalue weighted by atomic mass is 16.4. The van der Waals surface area contributed by atoms with Gasteiger partial charge in [0.1, 0.15) is 11.3 Å². The van der Waals surface area contributed by atoms with Crippen molar-refractivity contribution in [1.82, 2.24) is 19.5 Å². The van der Waals surface area contributed by atoms with Crippen LogP contribution in [0.1, 0.15) is 19.3 Å². The van der Waals surface area contributed by atoms with E-state index in [1.165, 1.54) is 6.07 Å². The van der Waals surface area contributed by atoms with E-state index in [0.717, 1.165) is 36.3 Å². The SMILES string of the molecule is O=c1ccccn1-c1ccc(N[C@H]2CC[C@H](Nc3nc4cccnc4o3)C2)nc1. The normalized spacial score (nSPS) is 18.8. The highest BCUT2D eigenvalue weighted by Crippen LogP contribution is 2.26. The molecule has 4 heterocycles. The van der Waals surface area contributed by atoms with Gasteiger partial charge in [0, 0.05) is 30.5 Å². The Kier molecular flexibility index (Phi) is 4.44. The van der Waals surface area contributed by atoms with Gasteiger partial charge < -0.3 is 15.1 Å². The summed E-state index contributed by atoms with van der Waals surface area (Å²) in [7, 11) is 0. The average molecular weight is 388 g/mol. The van der Waals surface area contributed by atoms with Gasteiger partial charge in [-0.2, -0.15) is 4.98 Å². The molecule has 2 N–H and O–H groups in total. The van der Waals surface area contributed by atoms with E-state index in [1.54, 1.807) is 29.2 Å². The van der Waals surface area contributed by atoms with Crippen LogP contribution in [0.15, 0.2) is 70.3 Å². The first-order chi connectivity index (χ1) is 14.2. The molecule has 1 aliphatic rings. The molecule has 146 valence electrons. The Morgan fingerprint density at radius 2 is 1.90 bits per heavy atom. The molecule has 1 saturated carbocycles. The number of rotatable bonds is 5. The molecule has 5 rings (SSSR count). The Morgan fingerprint density at radius 1 is 1.00 bits per heavy atom. The van der Waals surface area contributed by atoms with Gasteiger partial charge in [-0.1, -0.05) is 6.07 Å². The molecule has 4 aromatic rings. The molecule has 8 heteroatoms. The number of oxazole rings is 1. The second-order valence-corrected chi connectivity index (χ2v) is 7.15. The Balaban J connectivity index is 1.21. The summed E-state index contributed by atoms with van der Waals surface area (Å²) in [6.07, 6.45) is 8.12. The van der Waals surface area contributed by atoms with Gasteiger partial charge in [0.2, 0.25) is 5.71 Å². The summed E-state index contributed by atoms with van der Waals surface area (Å²) in [5.74, 6) is 0.800. The number of pyridine rings is 3. The Labute approximate surface area is 166 Å². The molecule has 2 atom stereocenters. The van der Waals surface area contributed by atoms with Crippen molar-refractivity contribution in [2.75, 3.05) is 10.6 Å². The molecule has 0 bridgehead atoms. The third kappa shape index (κ3) is 3.69. The maximum Gasteiger partial charge on any atom is 0.297 e. The van der Waals surface area contributed by atoms with Crippen molar-refractivity contribution in [2.45, 2.75) is 31.3 Å². The van der Waals surface area contributed by atoms with Gasteiger partial charge in [0.15, 0.2) is 0 Å². The quantitative estimate of drug-likeness (QED) is 0.542. The van der Waals surface area contributed by atoms with Gasteiger partial charge in [-0.3, -0.25) is 9.36 Å². The highest BCUT2D eigenvalue weighted by molar-refractivity contribution is 5.69.